The van der Waals surface area contributed by atoms with Crippen LogP contribution in [0.3, 0.4) is 0 Å². The van der Waals surface area contributed by atoms with Crippen molar-refractivity contribution in [3.8, 4) is 11.5 Å². The highest BCUT2D eigenvalue weighted by molar-refractivity contribution is 5.97. The van der Waals surface area contributed by atoms with E-state index in [1.165, 1.54) is 6.20 Å². The minimum absolute atomic E-state index is 0.196. The Balaban J connectivity index is 1.51. The minimum Gasteiger partial charge on any atom is -0.485 e. The number of hydrogen-bond donors (Lipinski definition) is 2. The molecule has 0 radical (unpaired) electrons. The Hall–Kier alpha value is -4.65. The lowest BCUT2D eigenvalue weighted by molar-refractivity contribution is -0.119. The third-order valence-corrected chi connectivity index (χ3v) is 5.49. The first-order chi connectivity index (χ1) is 17.6. The topological polar surface area (TPSA) is 104 Å². The fraction of sp³-hybridized carbons (Fsp3) is 0.138. The van der Waals surface area contributed by atoms with Crippen LogP contribution in [0.25, 0.3) is 0 Å². The van der Waals surface area contributed by atoms with Crippen LogP contribution in [0.1, 0.15) is 27.0 Å². The zero-order valence-electron chi connectivity index (χ0n) is 19.7. The van der Waals surface area contributed by atoms with Gasteiger partial charge in [-0.05, 0) is 41.0 Å². The van der Waals surface area contributed by atoms with Crippen molar-refractivity contribution in [2.24, 2.45) is 5.73 Å². The number of pyridine rings is 1. The molecular formula is C29H27N3O4. The maximum atomic E-state index is 12.5. The van der Waals surface area contributed by atoms with E-state index in [0.717, 1.165) is 16.7 Å². The second-order valence-electron chi connectivity index (χ2n) is 8.20. The number of ether oxygens (including phenoxy) is 2. The van der Waals surface area contributed by atoms with Gasteiger partial charge in [0.15, 0.2) is 11.5 Å². The zero-order chi connectivity index (χ0) is 25.2. The van der Waals surface area contributed by atoms with E-state index < -0.39 is 17.9 Å². The summed E-state index contributed by atoms with van der Waals surface area (Å²) in [6, 6.07) is 27.5. The number of primary amides is 1. The van der Waals surface area contributed by atoms with Gasteiger partial charge in [-0.15, -0.1) is 0 Å². The summed E-state index contributed by atoms with van der Waals surface area (Å²) in [5.74, 6) is 0.0568. The summed E-state index contributed by atoms with van der Waals surface area (Å²) in [6.45, 7) is 0.732. The maximum Gasteiger partial charge on any atom is 0.253 e. The van der Waals surface area contributed by atoms with Crippen LogP contribution in [0.2, 0.25) is 0 Å². The van der Waals surface area contributed by atoms with Crippen LogP contribution >= 0.6 is 0 Å². The molecule has 0 bridgehead atoms. The first-order valence-corrected chi connectivity index (χ1v) is 11.5. The Kier molecular flexibility index (Phi) is 8.27. The molecule has 182 valence electrons. The number of aromatic nitrogens is 1. The van der Waals surface area contributed by atoms with Crippen molar-refractivity contribution >= 4 is 11.8 Å². The molecule has 36 heavy (non-hydrogen) atoms. The van der Waals surface area contributed by atoms with E-state index in [9.17, 15) is 9.59 Å². The Morgan fingerprint density at radius 1 is 0.778 bits per heavy atom. The number of rotatable bonds is 11. The van der Waals surface area contributed by atoms with Crippen LogP contribution in [0.4, 0.5) is 0 Å². The lowest BCUT2D eigenvalue weighted by atomic mass is 10.0. The van der Waals surface area contributed by atoms with Gasteiger partial charge in [-0.1, -0.05) is 66.7 Å². The number of carbonyl (C=O) groups is 2. The van der Waals surface area contributed by atoms with Gasteiger partial charge in [0.25, 0.3) is 5.91 Å². The molecule has 1 atom stereocenters. The zero-order valence-corrected chi connectivity index (χ0v) is 19.7. The largest absolute Gasteiger partial charge is 0.485 e. The third kappa shape index (κ3) is 6.93. The Bertz CT molecular complexity index is 1280. The van der Waals surface area contributed by atoms with Gasteiger partial charge in [-0.2, -0.15) is 0 Å². The molecule has 0 saturated carbocycles. The van der Waals surface area contributed by atoms with Crippen molar-refractivity contribution < 1.29 is 19.1 Å². The standard InChI is InChI=1S/C29H27N3O4/c30-28(33)25(32-29(34)24-12-7-15-31-18-24)16-23-13-14-26(35-19-21-8-3-1-4-9-21)27(17-23)36-20-22-10-5-2-6-11-22/h1-15,17-18,25H,16,19-20H2,(H2,30,33)(H,32,34)/t25-/m1/s1. The van der Waals surface area contributed by atoms with E-state index in [4.69, 9.17) is 15.2 Å². The molecule has 1 heterocycles. The van der Waals surface area contributed by atoms with Crippen molar-refractivity contribution in [2.45, 2.75) is 25.7 Å². The summed E-state index contributed by atoms with van der Waals surface area (Å²) in [4.78, 5) is 28.6. The smallest absolute Gasteiger partial charge is 0.253 e. The summed E-state index contributed by atoms with van der Waals surface area (Å²) in [6.07, 6.45) is 3.20. The number of benzene rings is 3. The molecule has 4 aromatic rings. The molecule has 2 amide bonds. The van der Waals surface area contributed by atoms with Crippen molar-refractivity contribution in [1.29, 1.82) is 0 Å². The number of amides is 2. The van der Waals surface area contributed by atoms with Crippen molar-refractivity contribution in [1.82, 2.24) is 10.3 Å². The molecule has 4 rings (SSSR count). The molecule has 7 nitrogen and oxygen atoms in total. The fourth-order valence-corrected chi connectivity index (χ4v) is 3.58. The average Bonchev–Trinajstić information content (AvgIpc) is 2.92. The first kappa shape index (κ1) is 24.5. The SMILES string of the molecule is NC(=O)[C@@H](Cc1ccc(OCc2ccccc2)c(OCc2ccccc2)c1)NC(=O)c1cccnc1. The van der Waals surface area contributed by atoms with Gasteiger partial charge in [0.2, 0.25) is 5.91 Å². The van der Waals surface area contributed by atoms with Crippen molar-refractivity contribution in [3.63, 3.8) is 0 Å². The highest BCUT2D eigenvalue weighted by atomic mass is 16.5. The maximum absolute atomic E-state index is 12.5. The van der Waals surface area contributed by atoms with E-state index in [1.54, 1.807) is 24.4 Å². The van der Waals surface area contributed by atoms with E-state index in [2.05, 4.69) is 10.3 Å². The Labute approximate surface area is 209 Å². The molecular weight excluding hydrogens is 454 g/mol. The number of nitrogens with zero attached hydrogens (tertiary/aromatic N) is 1. The average molecular weight is 482 g/mol. The van der Waals surface area contributed by atoms with E-state index >= 15 is 0 Å². The van der Waals surface area contributed by atoms with Gasteiger partial charge < -0.3 is 20.5 Å². The van der Waals surface area contributed by atoms with Gasteiger partial charge in [0.1, 0.15) is 19.3 Å². The Morgan fingerprint density at radius 2 is 1.42 bits per heavy atom. The summed E-state index contributed by atoms with van der Waals surface area (Å²) in [5, 5.41) is 2.69. The van der Waals surface area contributed by atoms with E-state index in [-0.39, 0.29) is 6.42 Å². The quantitative estimate of drug-likeness (QED) is 0.336. The number of hydrogen-bond acceptors (Lipinski definition) is 5. The lowest BCUT2D eigenvalue weighted by Crippen LogP contribution is -2.45. The van der Waals surface area contributed by atoms with Crippen LogP contribution in [-0.2, 0) is 24.4 Å². The summed E-state index contributed by atoms with van der Waals surface area (Å²) < 4.78 is 12.2. The predicted molar refractivity (Wildman–Crippen MR) is 136 cm³/mol. The van der Waals surface area contributed by atoms with Gasteiger partial charge in [0.05, 0.1) is 5.56 Å². The third-order valence-electron chi connectivity index (χ3n) is 5.49. The number of carbonyl (C=O) groups excluding carboxylic acids is 2. The first-order valence-electron chi connectivity index (χ1n) is 11.5. The Morgan fingerprint density at radius 3 is 2.00 bits per heavy atom. The predicted octanol–water partition coefficient (Wildman–Crippen LogP) is 4.07. The van der Waals surface area contributed by atoms with Crippen LogP contribution in [-0.4, -0.2) is 22.8 Å². The molecule has 0 unspecified atom stereocenters. The summed E-state index contributed by atoms with van der Waals surface area (Å²) >= 11 is 0. The van der Waals surface area contributed by atoms with Crippen molar-refractivity contribution in [2.75, 3.05) is 0 Å². The molecule has 0 saturated heterocycles. The van der Waals surface area contributed by atoms with E-state index in [0.29, 0.717) is 30.3 Å². The molecule has 0 aliphatic heterocycles. The molecule has 3 aromatic carbocycles. The lowest BCUT2D eigenvalue weighted by Gasteiger charge is -2.18. The second kappa shape index (κ2) is 12.2. The van der Waals surface area contributed by atoms with Gasteiger partial charge >= 0.3 is 0 Å². The molecule has 1 aromatic heterocycles. The number of nitrogens with one attached hydrogen (secondary N) is 1. The van der Waals surface area contributed by atoms with E-state index in [1.807, 2.05) is 72.8 Å². The highest BCUT2D eigenvalue weighted by Crippen LogP contribution is 2.30. The fourth-order valence-electron chi connectivity index (χ4n) is 3.58. The molecule has 7 heteroatoms. The summed E-state index contributed by atoms with van der Waals surface area (Å²) in [5.41, 5.74) is 8.75. The van der Waals surface area contributed by atoms with Crippen LogP contribution in [0.15, 0.2) is 103 Å². The molecule has 0 fully saturated rings. The highest BCUT2D eigenvalue weighted by Gasteiger charge is 2.20. The second-order valence-corrected chi connectivity index (χ2v) is 8.20. The molecule has 0 spiro atoms. The monoisotopic (exact) mass is 481 g/mol. The normalized spacial score (nSPS) is 11.3. The molecule has 3 N–H and O–H groups in total. The summed E-state index contributed by atoms with van der Waals surface area (Å²) in [7, 11) is 0. The number of nitrogens with two attached hydrogens (primary N) is 1. The molecule has 0 aliphatic rings. The van der Waals surface area contributed by atoms with Gasteiger partial charge in [0, 0.05) is 18.8 Å². The molecule has 0 aliphatic carbocycles. The van der Waals surface area contributed by atoms with Crippen LogP contribution < -0.4 is 20.5 Å². The van der Waals surface area contributed by atoms with Gasteiger partial charge in [-0.3, -0.25) is 14.6 Å². The minimum atomic E-state index is -0.907. The van der Waals surface area contributed by atoms with Gasteiger partial charge in [-0.25, -0.2) is 0 Å². The van der Waals surface area contributed by atoms with Crippen molar-refractivity contribution in [3.05, 3.63) is 126 Å². The van der Waals surface area contributed by atoms with Crippen LogP contribution in [0, 0.1) is 0 Å². The van der Waals surface area contributed by atoms with Crippen LogP contribution in [0.5, 0.6) is 11.5 Å².